The molecule has 1 aromatic carbocycles. The molecule has 18 heavy (non-hydrogen) atoms. The lowest BCUT2D eigenvalue weighted by atomic mass is 9.83. The summed E-state index contributed by atoms with van der Waals surface area (Å²) >= 11 is 0. The number of hydrogen-bond acceptors (Lipinski definition) is 2. The second-order valence-electron chi connectivity index (χ2n) is 4.53. The lowest BCUT2D eigenvalue weighted by Crippen LogP contribution is -2.39. The van der Waals surface area contributed by atoms with E-state index in [9.17, 15) is 14.3 Å². The van der Waals surface area contributed by atoms with Gasteiger partial charge < -0.3 is 10.4 Å². The van der Waals surface area contributed by atoms with Gasteiger partial charge in [-0.1, -0.05) is 26.0 Å². The molecule has 4 heteroatoms. The van der Waals surface area contributed by atoms with Crippen molar-refractivity contribution >= 4 is 5.91 Å². The molecule has 0 saturated heterocycles. The summed E-state index contributed by atoms with van der Waals surface area (Å²) in [5, 5.41) is 12.1. The molecule has 0 bridgehead atoms. The van der Waals surface area contributed by atoms with Crippen LogP contribution in [0.1, 0.15) is 37.0 Å². The third kappa shape index (κ3) is 3.29. The normalized spacial score (nSPS) is 11.3. The third-order valence-corrected chi connectivity index (χ3v) is 3.58. The Bertz CT molecular complexity index is 394. The SMILES string of the molecule is CCC(CC)(CO)CNC(=O)c1ccccc1F. The van der Waals surface area contributed by atoms with E-state index in [1.54, 1.807) is 12.1 Å². The Hall–Kier alpha value is -1.42. The number of carbonyl (C=O) groups excluding carboxylic acids is 1. The predicted octanol–water partition coefficient (Wildman–Crippen LogP) is 2.35. The van der Waals surface area contributed by atoms with E-state index >= 15 is 0 Å². The van der Waals surface area contributed by atoms with Gasteiger partial charge in [-0.2, -0.15) is 0 Å². The van der Waals surface area contributed by atoms with Crippen molar-refractivity contribution < 1.29 is 14.3 Å². The smallest absolute Gasteiger partial charge is 0.254 e. The highest BCUT2D eigenvalue weighted by Gasteiger charge is 2.26. The highest BCUT2D eigenvalue weighted by Crippen LogP contribution is 2.24. The molecular formula is C14H20FNO2. The van der Waals surface area contributed by atoms with E-state index in [1.165, 1.54) is 12.1 Å². The zero-order chi connectivity index (χ0) is 13.6. The van der Waals surface area contributed by atoms with Crippen LogP contribution < -0.4 is 5.32 Å². The minimum absolute atomic E-state index is 0.0115. The second kappa shape index (κ2) is 6.50. The van der Waals surface area contributed by atoms with E-state index in [2.05, 4.69) is 5.32 Å². The molecule has 0 atom stereocenters. The quantitative estimate of drug-likeness (QED) is 0.817. The van der Waals surface area contributed by atoms with Gasteiger partial charge in [0.25, 0.3) is 5.91 Å². The molecule has 0 heterocycles. The first-order valence-corrected chi connectivity index (χ1v) is 6.22. The maximum atomic E-state index is 13.4. The fourth-order valence-corrected chi connectivity index (χ4v) is 1.79. The summed E-state index contributed by atoms with van der Waals surface area (Å²) in [4.78, 5) is 11.8. The Labute approximate surface area is 107 Å². The van der Waals surface area contributed by atoms with Gasteiger partial charge in [-0.05, 0) is 25.0 Å². The van der Waals surface area contributed by atoms with Gasteiger partial charge in [0.15, 0.2) is 0 Å². The number of amides is 1. The number of benzene rings is 1. The first kappa shape index (κ1) is 14.6. The largest absolute Gasteiger partial charge is 0.396 e. The second-order valence-corrected chi connectivity index (χ2v) is 4.53. The molecule has 0 aliphatic rings. The van der Waals surface area contributed by atoms with Gasteiger partial charge in [-0.3, -0.25) is 4.79 Å². The molecule has 2 N–H and O–H groups in total. The van der Waals surface area contributed by atoms with E-state index in [0.29, 0.717) is 6.54 Å². The number of rotatable bonds is 6. The molecule has 0 fully saturated rings. The Morgan fingerprint density at radius 1 is 1.33 bits per heavy atom. The Balaban J connectivity index is 2.69. The Kier molecular flexibility index (Phi) is 5.28. The van der Waals surface area contributed by atoms with Gasteiger partial charge in [0.1, 0.15) is 5.82 Å². The zero-order valence-electron chi connectivity index (χ0n) is 10.9. The average Bonchev–Trinajstić information content (AvgIpc) is 2.41. The van der Waals surface area contributed by atoms with E-state index in [1.807, 2.05) is 13.8 Å². The van der Waals surface area contributed by atoms with Gasteiger partial charge in [0.2, 0.25) is 0 Å². The molecule has 0 aliphatic heterocycles. The number of halogens is 1. The number of nitrogens with one attached hydrogen (secondary N) is 1. The minimum atomic E-state index is -0.530. The third-order valence-electron chi connectivity index (χ3n) is 3.58. The van der Waals surface area contributed by atoms with Crippen molar-refractivity contribution in [1.82, 2.24) is 5.32 Å². The van der Waals surface area contributed by atoms with Crippen LogP contribution >= 0.6 is 0 Å². The van der Waals surface area contributed by atoms with Crippen molar-refractivity contribution in [2.24, 2.45) is 5.41 Å². The van der Waals surface area contributed by atoms with Crippen LogP contribution in [0.2, 0.25) is 0 Å². The van der Waals surface area contributed by atoms with Crippen molar-refractivity contribution in [2.45, 2.75) is 26.7 Å². The lowest BCUT2D eigenvalue weighted by Gasteiger charge is -2.29. The van der Waals surface area contributed by atoms with Crippen LogP contribution in [0.15, 0.2) is 24.3 Å². The summed E-state index contributed by atoms with van der Waals surface area (Å²) in [5.74, 6) is -0.967. The molecule has 1 amide bonds. The number of carbonyl (C=O) groups is 1. The van der Waals surface area contributed by atoms with Crippen LogP contribution in [0.5, 0.6) is 0 Å². The van der Waals surface area contributed by atoms with E-state index in [-0.39, 0.29) is 17.6 Å². The number of aliphatic hydroxyl groups excluding tert-OH is 1. The van der Waals surface area contributed by atoms with Gasteiger partial charge in [-0.15, -0.1) is 0 Å². The molecule has 100 valence electrons. The summed E-state index contributed by atoms with van der Waals surface area (Å²) in [6.45, 7) is 4.30. The van der Waals surface area contributed by atoms with Crippen LogP contribution in [0, 0.1) is 11.2 Å². The standard InChI is InChI=1S/C14H20FNO2/c1-3-14(4-2,10-17)9-16-13(18)11-7-5-6-8-12(11)15/h5-8,17H,3-4,9-10H2,1-2H3,(H,16,18). The van der Waals surface area contributed by atoms with Crippen LogP contribution in [0.4, 0.5) is 4.39 Å². The predicted molar refractivity (Wildman–Crippen MR) is 68.8 cm³/mol. The zero-order valence-corrected chi connectivity index (χ0v) is 10.9. The summed E-state index contributed by atoms with van der Waals surface area (Å²) in [7, 11) is 0. The molecule has 3 nitrogen and oxygen atoms in total. The van der Waals surface area contributed by atoms with E-state index < -0.39 is 11.7 Å². The molecule has 0 spiro atoms. The topological polar surface area (TPSA) is 49.3 Å². The summed E-state index contributed by atoms with van der Waals surface area (Å²) in [5.41, 5.74) is -0.280. The molecule has 0 aromatic heterocycles. The maximum absolute atomic E-state index is 13.4. The van der Waals surface area contributed by atoms with Crippen molar-refractivity contribution in [3.05, 3.63) is 35.6 Å². The van der Waals surface area contributed by atoms with Gasteiger partial charge in [0, 0.05) is 12.0 Å². The molecule has 0 aliphatic carbocycles. The van der Waals surface area contributed by atoms with Crippen LogP contribution in [0.25, 0.3) is 0 Å². The molecule has 1 rings (SSSR count). The Morgan fingerprint density at radius 2 is 1.94 bits per heavy atom. The molecule has 0 saturated carbocycles. The molecule has 1 aromatic rings. The first-order valence-electron chi connectivity index (χ1n) is 6.22. The van der Waals surface area contributed by atoms with Crippen molar-refractivity contribution in [3.8, 4) is 0 Å². The lowest BCUT2D eigenvalue weighted by molar-refractivity contribution is 0.0847. The first-order chi connectivity index (χ1) is 8.58. The van der Waals surface area contributed by atoms with Crippen LogP contribution in [-0.2, 0) is 0 Å². The monoisotopic (exact) mass is 253 g/mol. The maximum Gasteiger partial charge on any atom is 0.254 e. The summed E-state index contributed by atoms with van der Waals surface area (Å²) in [6.07, 6.45) is 1.52. The van der Waals surface area contributed by atoms with Gasteiger partial charge >= 0.3 is 0 Å². The summed E-state index contributed by atoms with van der Waals surface area (Å²) in [6, 6.07) is 5.87. The molecule has 0 unspecified atom stereocenters. The van der Waals surface area contributed by atoms with Gasteiger partial charge in [-0.25, -0.2) is 4.39 Å². The number of hydrogen-bond donors (Lipinski definition) is 2. The van der Waals surface area contributed by atoms with Crippen molar-refractivity contribution in [2.75, 3.05) is 13.2 Å². The summed E-state index contributed by atoms with van der Waals surface area (Å²) < 4.78 is 13.4. The molecule has 0 radical (unpaired) electrons. The molecular weight excluding hydrogens is 233 g/mol. The Morgan fingerprint density at radius 3 is 2.44 bits per heavy atom. The van der Waals surface area contributed by atoms with Crippen molar-refractivity contribution in [1.29, 1.82) is 0 Å². The van der Waals surface area contributed by atoms with Crippen LogP contribution in [0.3, 0.4) is 0 Å². The highest BCUT2D eigenvalue weighted by atomic mass is 19.1. The van der Waals surface area contributed by atoms with Crippen LogP contribution in [-0.4, -0.2) is 24.2 Å². The minimum Gasteiger partial charge on any atom is -0.396 e. The van der Waals surface area contributed by atoms with Crippen molar-refractivity contribution in [3.63, 3.8) is 0 Å². The highest BCUT2D eigenvalue weighted by molar-refractivity contribution is 5.94. The fraction of sp³-hybridized carbons (Fsp3) is 0.500. The van der Waals surface area contributed by atoms with Gasteiger partial charge in [0.05, 0.1) is 12.2 Å². The van der Waals surface area contributed by atoms with E-state index in [4.69, 9.17) is 0 Å². The average molecular weight is 253 g/mol. The fourth-order valence-electron chi connectivity index (χ4n) is 1.79. The number of aliphatic hydroxyl groups is 1. The van der Waals surface area contributed by atoms with E-state index in [0.717, 1.165) is 12.8 Å².